The molecule has 0 bridgehead atoms. The van der Waals surface area contributed by atoms with Gasteiger partial charge in [0.05, 0.1) is 0 Å². The molecule has 0 atom stereocenters. The smallest absolute Gasteiger partial charge is 0.142 e. The van der Waals surface area contributed by atoms with E-state index >= 15 is 0 Å². The van der Waals surface area contributed by atoms with Gasteiger partial charge in [0.1, 0.15) is 11.0 Å². The van der Waals surface area contributed by atoms with Crippen LogP contribution in [0.4, 0.5) is 11.5 Å². The molecule has 1 saturated carbocycles. The molecule has 146 valence electrons. The second-order valence-electron chi connectivity index (χ2n) is 7.97. The van der Waals surface area contributed by atoms with Crippen LogP contribution in [0.25, 0.3) is 11.8 Å². The quantitative estimate of drug-likeness (QED) is 0.532. The van der Waals surface area contributed by atoms with Gasteiger partial charge < -0.3 is 10.6 Å². The van der Waals surface area contributed by atoms with Crippen molar-refractivity contribution in [2.75, 3.05) is 5.32 Å². The van der Waals surface area contributed by atoms with Crippen molar-refractivity contribution >= 4 is 34.9 Å². The van der Waals surface area contributed by atoms with Crippen molar-refractivity contribution in [3.8, 4) is 0 Å². The Morgan fingerprint density at radius 2 is 1.93 bits per heavy atom. The molecule has 0 saturated heterocycles. The van der Waals surface area contributed by atoms with Crippen LogP contribution in [0, 0.1) is 5.92 Å². The zero-order valence-corrected chi connectivity index (χ0v) is 17.2. The largest absolute Gasteiger partial charge is 0.362 e. The second-order valence-corrected chi connectivity index (χ2v) is 8.35. The minimum Gasteiger partial charge on any atom is -0.362 e. The summed E-state index contributed by atoms with van der Waals surface area (Å²) >= 11 is 6.22. The summed E-state index contributed by atoms with van der Waals surface area (Å²) in [6, 6.07) is 10.7. The van der Waals surface area contributed by atoms with E-state index in [0.717, 1.165) is 34.2 Å². The lowest BCUT2D eigenvalue weighted by molar-refractivity contribution is 0.308. The third-order valence-corrected chi connectivity index (χ3v) is 6.22. The number of hydrogen-bond acceptors (Lipinski definition) is 3. The van der Waals surface area contributed by atoms with Crippen LogP contribution in [-0.4, -0.2) is 4.98 Å². The maximum absolute atomic E-state index is 6.22. The second kappa shape index (κ2) is 8.40. The number of rotatable bonds is 5. The highest BCUT2D eigenvalue weighted by Gasteiger charge is 2.22. The molecular formula is C24H28ClN3. The summed E-state index contributed by atoms with van der Waals surface area (Å²) in [7, 11) is 0. The van der Waals surface area contributed by atoms with Gasteiger partial charge in [-0.3, -0.25) is 0 Å². The maximum Gasteiger partial charge on any atom is 0.142 e. The predicted molar refractivity (Wildman–Crippen MR) is 120 cm³/mol. The Hall–Kier alpha value is -2.26. The van der Waals surface area contributed by atoms with Crippen molar-refractivity contribution in [1.82, 2.24) is 10.3 Å². The van der Waals surface area contributed by atoms with Gasteiger partial charge in [-0.2, -0.15) is 0 Å². The van der Waals surface area contributed by atoms with Crippen LogP contribution >= 0.6 is 11.6 Å². The van der Waals surface area contributed by atoms with Crippen molar-refractivity contribution in [3.05, 3.63) is 65.0 Å². The lowest BCUT2D eigenvalue weighted by Crippen LogP contribution is -2.13. The molecule has 1 aliphatic carbocycles. The average Bonchev–Trinajstić information content (AvgIpc) is 2.69. The van der Waals surface area contributed by atoms with Crippen LogP contribution in [0.2, 0.25) is 5.15 Å². The molecule has 2 aromatic rings. The fraction of sp³-hybridized carbons (Fsp3) is 0.375. The van der Waals surface area contributed by atoms with Crippen molar-refractivity contribution in [3.63, 3.8) is 0 Å². The minimum atomic E-state index is 0.473. The molecule has 0 unspecified atom stereocenters. The van der Waals surface area contributed by atoms with E-state index in [-0.39, 0.29) is 0 Å². The van der Waals surface area contributed by atoms with Gasteiger partial charge in [-0.25, -0.2) is 4.98 Å². The van der Waals surface area contributed by atoms with E-state index in [1.54, 1.807) is 0 Å². The fourth-order valence-corrected chi connectivity index (χ4v) is 4.75. The predicted octanol–water partition coefficient (Wildman–Crippen LogP) is 7.10. The highest BCUT2D eigenvalue weighted by molar-refractivity contribution is 6.29. The van der Waals surface area contributed by atoms with Gasteiger partial charge in [0.15, 0.2) is 0 Å². The third-order valence-electron chi connectivity index (χ3n) is 6.03. The Kier molecular flexibility index (Phi) is 5.72. The van der Waals surface area contributed by atoms with Gasteiger partial charge in [-0.1, -0.05) is 50.1 Å². The molecule has 1 aromatic carbocycles. The summed E-state index contributed by atoms with van der Waals surface area (Å²) in [6.45, 7) is 6.39. The normalized spacial score (nSPS) is 21.1. The van der Waals surface area contributed by atoms with E-state index in [2.05, 4.69) is 53.4 Å². The van der Waals surface area contributed by atoms with E-state index in [1.807, 2.05) is 18.3 Å². The Morgan fingerprint density at radius 1 is 1.18 bits per heavy atom. The van der Waals surface area contributed by atoms with Crippen LogP contribution in [-0.2, 0) is 0 Å². The summed E-state index contributed by atoms with van der Waals surface area (Å²) in [5.74, 6) is 2.38. The lowest BCUT2D eigenvalue weighted by atomic mass is 9.77. The van der Waals surface area contributed by atoms with Crippen LogP contribution in [0.1, 0.15) is 68.1 Å². The minimum absolute atomic E-state index is 0.473. The Bertz CT molecular complexity index is 877. The molecule has 1 fully saturated rings. The number of halogens is 1. The molecule has 2 N–H and O–H groups in total. The Balaban J connectivity index is 1.48. The molecule has 0 amide bonds. The van der Waals surface area contributed by atoms with Gasteiger partial charge in [-0.15, -0.1) is 0 Å². The molecule has 0 radical (unpaired) electrons. The van der Waals surface area contributed by atoms with E-state index in [9.17, 15) is 0 Å². The van der Waals surface area contributed by atoms with Crippen LogP contribution < -0.4 is 10.6 Å². The number of anilines is 2. The van der Waals surface area contributed by atoms with Crippen molar-refractivity contribution in [1.29, 1.82) is 0 Å². The molecule has 1 aliphatic heterocycles. The van der Waals surface area contributed by atoms with Gasteiger partial charge >= 0.3 is 0 Å². The summed E-state index contributed by atoms with van der Waals surface area (Å²) in [4.78, 5) is 4.49. The first kappa shape index (κ1) is 19.1. The molecule has 4 rings (SSSR count). The Labute approximate surface area is 172 Å². The van der Waals surface area contributed by atoms with E-state index in [1.165, 1.54) is 44.1 Å². The molecular weight excluding hydrogens is 366 g/mol. The molecule has 2 heterocycles. The first-order chi connectivity index (χ1) is 13.6. The first-order valence-electron chi connectivity index (χ1n) is 10.3. The molecule has 3 nitrogen and oxygen atoms in total. The summed E-state index contributed by atoms with van der Waals surface area (Å²) < 4.78 is 0. The number of pyridine rings is 1. The molecule has 4 heteroatoms. The SMILES string of the molecule is C=C1NC=Cc2cc(Cl)nc(Nc3ccc(C4CCC(CCC)CC4)cc3)c21. The van der Waals surface area contributed by atoms with Gasteiger partial charge in [0.2, 0.25) is 0 Å². The number of aromatic nitrogens is 1. The number of hydrogen-bond donors (Lipinski definition) is 2. The van der Waals surface area contributed by atoms with Crippen molar-refractivity contribution < 1.29 is 0 Å². The summed E-state index contributed by atoms with van der Waals surface area (Å²) in [5.41, 5.74) is 5.28. The van der Waals surface area contributed by atoms with E-state index in [0.29, 0.717) is 11.1 Å². The summed E-state index contributed by atoms with van der Waals surface area (Å²) in [6.07, 6.45) is 11.9. The van der Waals surface area contributed by atoms with Gasteiger partial charge in [-0.05, 0) is 72.9 Å². The molecule has 0 spiro atoms. The molecule has 2 aliphatic rings. The average molecular weight is 394 g/mol. The standard InChI is InChI=1S/C24H28ClN3/c1-3-4-17-5-7-18(8-6-17)19-9-11-21(12-10-19)27-24-23-16(2)26-14-13-20(23)15-22(25)28-24/h9-15,17-18,26H,2-8H2,1H3,(H,27,28). The highest BCUT2D eigenvalue weighted by Crippen LogP contribution is 2.38. The number of benzene rings is 1. The fourth-order valence-electron chi connectivity index (χ4n) is 4.54. The zero-order chi connectivity index (χ0) is 19.5. The lowest BCUT2D eigenvalue weighted by Gasteiger charge is -2.28. The zero-order valence-electron chi connectivity index (χ0n) is 16.5. The van der Waals surface area contributed by atoms with Crippen molar-refractivity contribution in [2.45, 2.75) is 51.4 Å². The number of nitrogens with one attached hydrogen (secondary N) is 2. The third kappa shape index (κ3) is 4.10. The molecule has 28 heavy (non-hydrogen) atoms. The van der Waals surface area contributed by atoms with Gasteiger partial charge in [0.25, 0.3) is 0 Å². The van der Waals surface area contributed by atoms with Crippen molar-refractivity contribution in [2.24, 2.45) is 5.92 Å². The number of nitrogens with zero attached hydrogens (tertiary/aromatic N) is 1. The topological polar surface area (TPSA) is 37.0 Å². The first-order valence-corrected chi connectivity index (χ1v) is 10.7. The monoisotopic (exact) mass is 393 g/mol. The Morgan fingerprint density at radius 3 is 2.64 bits per heavy atom. The van der Waals surface area contributed by atoms with E-state index < -0.39 is 0 Å². The molecule has 1 aromatic heterocycles. The van der Waals surface area contributed by atoms with Crippen LogP contribution in [0.5, 0.6) is 0 Å². The number of fused-ring (bicyclic) bond motifs is 1. The maximum atomic E-state index is 6.22. The van der Waals surface area contributed by atoms with E-state index in [4.69, 9.17) is 11.6 Å². The van der Waals surface area contributed by atoms with Gasteiger partial charge in [0, 0.05) is 23.1 Å². The summed E-state index contributed by atoms with van der Waals surface area (Å²) in [5, 5.41) is 7.05. The van der Waals surface area contributed by atoms with Crippen LogP contribution in [0.3, 0.4) is 0 Å². The highest BCUT2D eigenvalue weighted by atomic mass is 35.5. The van der Waals surface area contributed by atoms with Crippen LogP contribution in [0.15, 0.2) is 43.1 Å².